The Morgan fingerprint density at radius 2 is 1.68 bits per heavy atom. The Balaban J connectivity index is 1.69. The van der Waals surface area contributed by atoms with Gasteiger partial charge in [-0.25, -0.2) is 4.79 Å². The van der Waals surface area contributed by atoms with Crippen LogP contribution in [0.25, 0.3) is 11.3 Å². The minimum atomic E-state index is -0.320. The molecule has 0 radical (unpaired) electrons. The number of rotatable bonds is 4. The van der Waals surface area contributed by atoms with Crippen molar-refractivity contribution >= 4 is 12.0 Å². The van der Waals surface area contributed by atoms with Gasteiger partial charge in [-0.2, -0.15) is 5.10 Å². The molecule has 2 aromatic rings. The second kappa shape index (κ2) is 8.46. The zero-order valence-electron chi connectivity index (χ0n) is 17.0. The molecule has 0 spiro atoms. The van der Waals surface area contributed by atoms with Crippen LogP contribution in [0.4, 0.5) is 4.79 Å². The van der Waals surface area contributed by atoms with Crippen molar-refractivity contribution in [3.8, 4) is 11.3 Å². The van der Waals surface area contributed by atoms with Gasteiger partial charge < -0.3 is 14.5 Å². The summed E-state index contributed by atoms with van der Waals surface area (Å²) in [6.07, 6.45) is -0.320. The van der Waals surface area contributed by atoms with Crippen LogP contribution in [0.15, 0.2) is 30.3 Å². The fourth-order valence-electron chi connectivity index (χ4n) is 3.35. The Labute approximate surface area is 165 Å². The Morgan fingerprint density at radius 3 is 2.25 bits per heavy atom. The fraction of sp³-hybridized carbons (Fsp3) is 0.476. The first kappa shape index (κ1) is 19.9. The summed E-state index contributed by atoms with van der Waals surface area (Å²) >= 11 is 0. The molecule has 0 bridgehead atoms. The van der Waals surface area contributed by atoms with Crippen molar-refractivity contribution < 1.29 is 14.3 Å². The lowest BCUT2D eigenvalue weighted by Crippen LogP contribution is -2.50. The zero-order chi connectivity index (χ0) is 20.3. The van der Waals surface area contributed by atoms with Crippen LogP contribution in [-0.4, -0.2) is 64.4 Å². The molecule has 0 atom stereocenters. The lowest BCUT2D eigenvalue weighted by atomic mass is 10.0. The number of nitrogens with zero attached hydrogens (tertiary/aromatic N) is 4. The monoisotopic (exact) mass is 384 g/mol. The van der Waals surface area contributed by atoms with E-state index < -0.39 is 0 Å². The standard InChI is InChI=1S/C21H28N4O3/c1-5-28-21(27)25-12-10-24(11-13-25)20(26)18-14-19(23(4)22-18)17-8-6-16(7-9-17)15(2)3/h6-9,14-15H,5,10-13H2,1-4H3. The van der Waals surface area contributed by atoms with Crippen molar-refractivity contribution in [2.45, 2.75) is 26.7 Å². The molecule has 0 saturated carbocycles. The molecule has 0 aliphatic carbocycles. The summed E-state index contributed by atoms with van der Waals surface area (Å²) in [6.45, 7) is 8.37. The number of benzene rings is 1. The van der Waals surface area contributed by atoms with E-state index in [9.17, 15) is 9.59 Å². The quantitative estimate of drug-likeness (QED) is 0.812. The van der Waals surface area contributed by atoms with Gasteiger partial charge in [-0.05, 0) is 30.0 Å². The Bertz CT molecular complexity index is 834. The highest BCUT2D eigenvalue weighted by molar-refractivity contribution is 5.93. The van der Waals surface area contributed by atoms with Crippen molar-refractivity contribution in [2.75, 3.05) is 32.8 Å². The molecular formula is C21H28N4O3. The van der Waals surface area contributed by atoms with Gasteiger partial charge >= 0.3 is 6.09 Å². The third-order valence-corrected chi connectivity index (χ3v) is 5.06. The van der Waals surface area contributed by atoms with E-state index in [4.69, 9.17) is 4.74 Å². The second-order valence-corrected chi connectivity index (χ2v) is 7.29. The van der Waals surface area contributed by atoms with Gasteiger partial charge in [0.2, 0.25) is 0 Å². The molecule has 1 aliphatic rings. The number of ether oxygens (including phenoxy) is 1. The number of carbonyl (C=O) groups is 2. The second-order valence-electron chi connectivity index (χ2n) is 7.29. The molecule has 0 unspecified atom stereocenters. The van der Waals surface area contributed by atoms with Crippen molar-refractivity contribution in [3.63, 3.8) is 0 Å². The van der Waals surface area contributed by atoms with Crippen LogP contribution in [0.1, 0.15) is 42.7 Å². The fourth-order valence-corrected chi connectivity index (χ4v) is 3.35. The van der Waals surface area contributed by atoms with E-state index in [0.717, 1.165) is 11.3 Å². The highest BCUT2D eigenvalue weighted by Gasteiger charge is 2.27. The number of carbonyl (C=O) groups excluding carboxylic acids is 2. The Kier molecular flexibility index (Phi) is 6.02. The SMILES string of the molecule is CCOC(=O)N1CCN(C(=O)c2cc(-c3ccc(C(C)C)cc3)n(C)n2)CC1. The lowest BCUT2D eigenvalue weighted by molar-refractivity contribution is 0.0565. The van der Waals surface area contributed by atoms with Crippen LogP contribution in [-0.2, 0) is 11.8 Å². The molecule has 1 aromatic heterocycles. The molecule has 28 heavy (non-hydrogen) atoms. The van der Waals surface area contributed by atoms with Crippen molar-refractivity contribution in [1.29, 1.82) is 0 Å². The maximum atomic E-state index is 12.9. The van der Waals surface area contributed by atoms with E-state index in [1.54, 1.807) is 21.4 Å². The van der Waals surface area contributed by atoms with E-state index in [1.807, 2.05) is 13.1 Å². The normalized spacial score (nSPS) is 14.5. The first-order valence-electron chi connectivity index (χ1n) is 9.76. The third kappa shape index (κ3) is 4.18. The van der Waals surface area contributed by atoms with E-state index in [-0.39, 0.29) is 12.0 Å². The number of piperazine rings is 1. The smallest absolute Gasteiger partial charge is 0.409 e. The van der Waals surface area contributed by atoms with E-state index in [1.165, 1.54) is 5.56 Å². The minimum Gasteiger partial charge on any atom is -0.450 e. The number of aryl methyl sites for hydroxylation is 1. The average molecular weight is 384 g/mol. The number of amides is 2. The Hall–Kier alpha value is -2.83. The van der Waals surface area contributed by atoms with Gasteiger partial charge in [0.25, 0.3) is 5.91 Å². The number of hydrogen-bond donors (Lipinski definition) is 0. The summed E-state index contributed by atoms with van der Waals surface area (Å²) in [5.74, 6) is 0.371. The summed E-state index contributed by atoms with van der Waals surface area (Å²) < 4.78 is 6.76. The van der Waals surface area contributed by atoms with Gasteiger partial charge in [-0.1, -0.05) is 38.1 Å². The number of hydrogen-bond acceptors (Lipinski definition) is 4. The Morgan fingerprint density at radius 1 is 1.07 bits per heavy atom. The summed E-state index contributed by atoms with van der Waals surface area (Å²) in [6, 6.07) is 10.2. The van der Waals surface area contributed by atoms with Crippen LogP contribution in [0.2, 0.25) is 0 Å². The zero-order valence-corrected chi connectivity index (χ0v) is 17.0. The van der Waals surface area contributed by atoms with Crippen molar-refractivity contribution in [2.24, 2.45) is 7.05 Å². The largest absolute Gasteiger partial charge is 0.450 e. The topological polar surface area (TPSA) is 67.7 Å². The van der Waals surface area contributed by atoms with Gasteiger partial charge in [0, 0.05) is 33.2 Å². The maximum absolute atomic E-state index is 12.9. The predicted octanol–water partition coefficient (Wildman–Crippen LogP) is 3.12. The van der Waals surface area contributed by atoms with Gasteiger partial charge in [0.05, 0.1) is 12.3 Å². The van der Waals surface area contributed by atoms with E-state index in [0.29, 0.717) is 44.4 Å². The highest BCUT2D eigenvalue weighted by Crippen LogP contribution is 2.23. The van der Waals surface area contributed by atoms with E-state index in [2.05, 4.69) is 43.2 Å². The first-order chi connectivity index (χ1) is 13.4. The van der Waals surface area contributed by atoms with Crippen LogP contribution >= 0.6 is 0 Å². The van der Waals surface area contributed by atoms with Crippen molar-refractivity contribution in [1.82, 2.24) is 19.6 Å². The van der Waals surface area contributed by atoms with Gasteiger partial charge in [-0.15, -0.1) is 0 Å². The average Bonchev–Trinajstić information content (AvgIpc) is 3.09. The molecule has 7 nitrogen and oxygen atoms in total. The molecular weight excluding hydrogens is 356 g/mol. The van der Waals surface area contributed by atoms with E-state index >= 15 is 0 Å². The molecule has 1 saturated heterocycles. The third-order valence-electron chi connectivity index (χ3n) is 5.06. The lowest BCUT2D eigenvalue weighted by Gasteiger charge is -2.33. The van der Waals surface area contributed by atoms with Crippen molar-refractivity contribution in [3.05, 3.63) is 41.6 Å². The highest BCUT2D eigenvalue weighted by atomic mass is 16.6. The van der Waals surface area contributed by atoms with Crippen LogP contribution in [0, 0.1) is 0 Å². The van der Waals surface area contributed by atoms with Crippen LogP contribution in [0.5, 0.6) is 0 Å². The molecule has 150 valence electrons. The van der Waals surface area contributed by atoms with Crippen LogP contribution in [0.3, 0.4) is 0 Å². The molecule has 1 aromatic carbocycles. The molecule has 3 rings (SSSR count). The minimum absolute atomic E-state index is 0.107. The summed E-state index contributed by atoms with van der Waals surface area (Å²) in [4.78, 5) is 28.0. The molecule has 2 amide bonds. The molecule has 0 N–H and O–H groups in total. The van der Waals surface area contributed by atoms with Gasteiger partial charge in [0.1, 0.15) is 0 Å². The maximum Gasteiger partial charge on any atom is 0.409 e. The molecule has 1 aliphatic heterocycles. The summed E-state index contributed by atoms with van der Waals surface area (Å²) in [7, 11) is 1.85. The van der Waals surface area contributed by atoms with Gasteiger partial charge in [-0.3, -0.25) is 9.48 Å². The first-order valence-corrected chi connectivity index (χ1v) is 9.76. The van der Waals surface area contributed by atoms with Crippen LogP contribution < -0.4 is 0 Å². The summed E-state index contributed by atoms with van der Waals surface area (Å²) in [5, 5.41) is 4.42. The molecule has 1 fully saturated rings. The molecule has 2 heterocycles. The summed E-state index contributed by atoms with van der Waals surface area (Å²) in [5.41, 5.74) is 3.64. The predicted molar refractivity (Wildman–Crippen MR) is 107 cm³/mol. The van der Waals surface area contributed by atoms with Gasteiger partial charge in [0.15, 0.2) is 5.69 Å². The molecule has 7 heteroatoms. The number of aromatic nitrogens is 2.